The van der Waals surface area contributed by atoms with Crippen molar-refractivity contribution in [1.29, 1.82) is 0 Å². The van der Waals surface area contributed by atoms with Gasteiger partial charge in [-0.05, 0) is 37.2 Å². The van der Waals surface area contributed by atoms with E-state index in [4.69, 9.17) is 26.6 Å². The molecule has 5 nitrogen and oxygen atoms in total. The van der Waals surface area contributed by atoms with Crippen molar-refractivity contribution in [2.24, 2.45) is 0 Å². The molecular formula is C16H13ClF3NO4. The average molecular weight is 380 g/mol. The summed E-state index contributed by atoms with van der Waals surface area (Å²) in [6, 6.07) is -2.23. The van der Waals surface area contributed by atoms with Crippen molar-refractivity contribution in [1.82, 2.24) is 4.98 Å². The molecule has 9 heteroatoms. The summed E-state index contributed by atoms with van der Waals surface area (Å²) < 4.78 is 84.7. The molecule has 25 heavy (non-hydrogen) atoms. The Morgan fingerprint density at radius 1 is 1.28 bits per heavy atom. The number of rotatable bonds is 5. The molecule has 2 aromatic rings. The Bertz CT molecular complexity index is 930. The first-order valence-electron chi connectivity index (χ1n) is 8.63. The molecule has 0 saturated carbocycles. The van der Waals surface area contributed by atoms with Crippen LogP contribution in [0, 0.1) is 0 Å². The SMILES string of the molecule is [2H]c1c([2H])c(OC(C)C(=O)OC)c([2H])c([2H])c1Oc1ncc(C(F)(F)F)cc1Cl. The maximum Gasteiger partial charge on any atom is 0.417 e. The fourth-order valence-electron chi connectivity index (χ4n) is 1.54. The second-order valence-electron chi connectivity index (χ2n) is 4.55. The van der Waals surface area contributed by atoms with Crippen LogP contribution in [-0.4, -0.2) is 24.2 Å². The minimum atomic E-state index is -4.69. The normalized spacial score (nSPS) is 14.6. The van der Waals surface area contributed by atoms with Crippen molar-refractivity contribution in [3.05, 3.63) is 47.0 Å². The first kappa shape index (κ1) is 13.8. The van der Waals surface area contributed by atoms with E-state index >= 15 is 0 Å². The van der Waals surface area contributed by atoms with Crippen LogP contribution in [0.15, 0.2) is 36.4 Å². The lowest BCUT2D eigenvalue weighted by Gasteiger charge is -2.13. The first-order chi connectivity index (χ1) is 13.4. The van der Waals surface area contributed by atoms with E-state index in [-0.39, 0.29) is 0 Å². The number of carbonyl (C=O) groups is 1. The van der Waals surface area contributed by atoms with Gasteiger partial charge < -0.3 is 14.2 Å². The molecule has 0 fully saturated rings. The van der Waals surface area contributed by atoms with Gasteiger partial charge in [0.15, 0.2) is 6.10 Å². The van der Waals surface area contributed by atoms with Gasteiger partial charge in [0.25, 0.3) is 0 Å². The lowest BCUT2D eigenvalue weighted by molar-refractivity contribution is -0.148. The van der Waals surface area contributed by atoms with Crippen molar-refractivity contribution in [3.63, 3.8) is 0 Å². The van der Waals surface area contributed by atoms with E-state index in [1.165, 1.54) is 6.92 Å². The molecular weight excluding hydrogens is 363 g/mol. The Balaban J connectivity index is 2.44. The number of esters is 1. The molecule has 0 aliphatic heterocycles. The van der Waals surface area contributed by atoms with Crippen molar-refractivity contribution in [3.8, 4) is 17.4 Å². The Morgan fingerprint density at radius 3 is 2.40 bits per heavy atom. The molecule has 0 spiro atoms. The highest BCUT2D eigenvalue weighted by Crippen LogP contribution is 2.34. The molecule has 2 rings (SSSR count). The molecule has 1 atom stereocenters. The third-order valence-electron chi connectivity index (χ3n) is 2.74. The zero-order valence-corrected chi connectivity index (χ0v) is 13.6. The smallest absolute Gasteiger partial charge is 0.417 e. The highest BCUT2D eigenvalue weighted by molar-refractivity contribution is 6.31. The van der Waals surface area contributed by atoms with Crippen molar-refractivity contribution in [2.75, 3.05) is 7.11 Å². The Morgan fingerprint density at radius 2 is 1.88 bits per heavy atom. The van der Waals surface area contributed by atoms with E-state index in [2.05, 4.69) is 9.72 Å². The molecule has 0 saturated heterocycles. The summed E-state index contributed by atoms with van der Waals surface area (Å²) in [5.41, 5.74) is -1.13. The molecule has 0 bridgehead atoms. The molecule has 0 radical (unpaired) electrons. The number of pyridine rings is 1. The van der Waals surface area contributed by atoms with Crippen LogP contribution in [0.2, 0.25) is 5.02 Å². The predicted molar refractivity (Wildman–Crippen MR) is 82.9 cm³/mol. The average Bonchev–Trinajstić information content (AvgIpc) is 2.66. The van der Waals surface area contributed by atoms with Crippen LogP contribution in [0.4, 0.5) is 13.2 Å². The lowest BCUT2D eigenvalue weighted by Crippen LogP contribution is -2.24. The molecule has 0 amide bonds. The van der Waals surface area contributed by atoms with Gasteiger partial charge in [0, 0.05) is 6.20 Å². The maximum atomic E-state index is 12.7. The topological polar surface area (TPSA) is 57.7 Å². The number of benzene rings is 1. The number of aromatic nitrogens is 1. The highest BCUT2D eigenvalue weighted by atomic mass is 35.5. The van der Waals surface area contributed by atoms with Gasteiger partial charge in [0.05, 0.1) is 18.2 Å². The minimum absolute atomic E-state index is 0.452. The largest absolute Gasteiger partial charge is 0.479 e. The van der Waals surface area contributed by atoms with Gasteiger partial charge in [-0.1, -0.05) is 11.6 Å². The minimum Gasteiger partial charge on any atom is -0.479 e. The molecule has 134 valence electrons. The molecule has 1 aromatic carbocycles. The third-order valence-corrected chi connectivity index (χ3v) is 3.01. The van der Waals surface area contributed by atoms with E-state index in [9.17, 15) is 18.0 Å². The van der Waals surface area contributed by atoms with Crippen molar-refractivity contribution >= 4 is 17.6 Å². The summed E-state index contributed by atoms with van der Waals surface area (Å²) in [5.74, 6) is -2.51. The Labute approximate surface area is 151 Å². The zero-order valence-electron chi connectivity index (χ0n) is 16.8. The van der Waals surface area contributed by atoms with Crippen LogP contribution in [0.25, 0.3) is 0 Å². The van der Waals surface area contributed by atoms with Gasteiger partial charge in [-0.2, -0.15) is 13.2 Å². The highest BCUT2D eigenvalue weighted by Gasteiger charge is 2.31. The summed E-state index contributed by atoms with van der Waals surface area (Å²) in [6.45, 7) is 1.29. The van der Waals surface area contributed by atoms with Crippen LogP contribution < -0.4 is 9.47 Å². The van der Waals surface area contributed by atoms with Crippen LogP contribution in [-0.2, 0) is 15.7 Å². The molecule has 0 N–H and O–H groups in total. The van der Waals surface area contributed by atoms with Crippen LogP contribution in [0.1, 0.15) is 18.0 Å². The monoisotopic (exact) mass is 379 g/mol. The number of carbonyl (C=O) groups excluding carboxylic acids is 1. The first-order valence-corrected chi connectivity index (χ1v) is 7.01. The molecule has 1 heterocycles. The van der Waals surface area contributed by atoms with Gasteiger partial charge in [-0.15, -0.1) is 0 Å². The van der Waals surface area contributed by atoms with Crippen LogP contribution in [0.3, 0.4) is 0 Å². The second-order valence-corrected chi connectivity index (χ2v) is 4.96. The molecule has 1 unspecified atom stereocenters. The van der Waals surface area contributed by atoms with Crippen molar-refractivity contribution in [2.45, 2.75) is 19.2 Å². The summed E-state index contributed by atoms with van der Waals surface area (Å²) in [6.07, 6.45) is -5.45. The van der Waals surface area contributed by atoms with E-state index < -0.39 is 70.4 Å². The fraction of sp³-hybridized carbons (Fsp3) is 0.250. The number of methoxy groups -OCH3 is 1. The van der Waals surface area contributed by atoms with Gasteiger partial charge >= 0.3 is 12.1 Å². The molecule has 1 aromatic heterocycles. The summed E-state index contributed by atoms with van der Waals surface area (Å²) in [4.78, 5) is 14.9. The van der Waals surface area contributed by atoms with Gasteiger partial charge in [-0.3, -0.25) is 0 Å². The number of hydrogen-bond acceptors (Lipinski definition) is 5. The van der Waals surface area contributed by atoms with Gasteiger partial charge in [-0.25, -0.2) is 9.78 Å². The maximum absolute atomic E-state index is 12.7. The Kier molecular flexibility index (Phi) is 4.19. The second kappa shape index (κ2) is 7.60. The molecule has 0 aliphatic rings. The van der Waals surface area contributed by atoms with Crippen LogP contribution in [0.5, 0.6) is 17.4 Å². The summed E-state index contributed by atoms with van der Waals surface area (Å²) >= 11 is 5.74. The van der Waals surface area contributed by atoms with Crippen molar-refractivity contribution < 1.29 is 37.7 Å². The molecule has 0 aliphatic carbocycles. The van der Waals surface area contributed by atoms with E-state index in [0.717, 1.165) is 7.11 Å². The zero-order chi connectivity index (χ0) is 22.1. The third kappa shape index (κ3) is 4.99. The summed E-state index contributed by atoms with van der Waals surface area (Å²) in [7, 11) is 1.11. The quantitative estimate of drug-likeness (QED) is 0.716. The number of nitrogens with zero attached hydrogens (tertiary/aromatic N) is 1. The van der Waals surface area contributed by atoms with Gasteiger partial charge in [0.2, 0.25) is 5.88 Å². The lowest BCUT2D eigenvalue weighted by atomic mass is 10.3. The fourth-order valence-corrected chi connectivity index (χ4v) is 1.75. The Hall–Kier alpha value is -2.48. The predicted octanol–water partition coefficient (Wildman–Crippen LogP) is 4.49. The number of hydrogen-bond donors (Lipinski definition) is 0. The van der Waals surface area contributed by atoms with Crippen LogP contribution >= 0.6 is 11.6 Å². The number of ether oxygens (including phenoxy) is 3. The van der Waals surface area contributed by atoms with E-state index in [1.807, 2.05) is 0 Å². The number of alkyl halides is 3. The standard InChI is InChI=1S/C16H13ClF3NO4/c1-9(15(22)23-2)24-11-3-5-12(6-4-11)25-14-13(17)7-10(8-21-14)16(18,19)20/h3-9H,1-2H3/i3D,4D,5D,6D. The van der Waals surface area contributed by atoms with E-state index in [1.54, 1.807) is 0 Å². The van der Waals surface area contributed by atoms with E-state index in [0.29, 0.717) is 12.3 Å². The summed E-state index contributed by atoms with van der Waals surface area (Å²) in [5, 5.41) is -0.545. The number of halogens is 4. The van der Waals surface area contributed by atoms with Gasteiger partial charge in [0.1, 0.15) is 16.5 Å².